The lowest BCUT2D eigenvalue weighted by atomic mass is 9.77. The Labute approximate surface area is 221 Å². The van der Waals surface area contributed by atoms with Gasteiger partial charge in [-0.05, 0) is 54.3 Å². The van der Waals surface area contributed by atoms with Crippen molar-refractivity contribution in [1.82, 2.24) is 4.90 Å². The third-order valence-corrected chi connectivity index (χ3v) is 8.57. The van der Waals surface area contributed by atoms with E-state index in [0.717, 1.165) is 28.4 Å². The quantitative estimate of drug-likeness (QED) is 0.314. The van der Waals surface area contributed by atoms with E-state index in [1.807, 2.05) is 54.6 Å². The minimum Gasteiger partial charge on any atom is -0.487 e. The molecule has 1 spiro atoms. The molecule has 4 atom stereocenters. The van der Waals surface area contributed by atoms with Gasteiger partial charge in [0.15, 0.2) is 5.54 Å². The highest BCUT2D eigenvalue weighted by molar-refractivity contribution is 9.10. The van der Waals surface area contributed by atoms with Crippen LogP contribution in [-0.4, -0.2) is 34.4 Å². The number of hydrogen-bond acceptors (Lipinski definition) is 5. The van der Waals surface area contributed by atoms with Gasteiger partial charge >= 0.3 is 0 Å². The summed E-state index contributed by atoms with van der Waals surface area (Å²) in [5.41, 5.74) is 1.75. The Hall–Kier alpha value is -2.94. The van der Waals surface area contributed by atoms with E-state index in [2.05, 4.69) is 26.1 Å². The molecular formula is C27H23BrClN3O4. The fraction of sp³-hybridized carbons (Fsp3) is 0.296. The first kappa shape index (κ1) is 23.5. The van der Waals surface area contributed by atoms with Crippen LogP contribution in [0.5, 0.6) is 5.75 Å². The molecule has 36 heavy (non-hydrogen) atoms. The van der Waals surface area contributed by atoms with Gasteiger partial charge in [-0.3, -0.25) is 19.8 Å². The Morgan fingerprint density at radius 2 is 1.94 bits per heavy atom. The van der Waals surface area contributed by atoms with Crippen LogP contribution in [0.4, 0.5) is 5.69 Å². The summed E-state index contributed by atoms with van der Waals surface area (Å²) in [5.74, 6) is -0.293. The molecule has 0 aromatic heterocycles. The molecule has 1 amide bonds. The number of nitrogens with zero attached hydrogens (tertiary/aromatic N) is 2. The Morgan fingerprint density at radius 3 is 2.69 bits per heavy atom. The lowest BCUT2D eigenvalue weighted by Crippen LogP contribution is -2.55. The number of carbonyl (C=O) groups is 1. The molecule has 3 aliphatic rings. The second kappa shape index (κ2) is 8.87. The van der Waals surface area contributed by atoms with Crippen molar-refractivity contribution in [3.05, 3.63) is 103 Å². The predicted octanol–water partition coefficient (Wildman–Crippen LogP) is 5.74. The highest BCUT2D eigenvalue weighted by atomic mass is 79.9. The first-order chi connectivity index (χ1) is 17.4. The first-order valence-corrected chi connectivity index (χ1v) is 13.1. The molecule has 0 aliphatic carbocycles. The summed E-state index contributed by atoms with van der Waals surface area (Å²) in [7, 11) is 0. The van der Waals surface area contributed by atoms with Crippen LogP contribution in [0.1, 0.15) is 35.4 Å². The average molecular weight is 569 g/mol. The van der Waals surface area contributed by atoms with Crippen LogP contribution in [0.3, 0.4) is 0 Å². The number of anilines is 1. The standard InChI is InChI=1S/C27H23BrClN3O4/c28-18-10-7-16(8-11-18)15-36-23-12-9-17(14-20(23)29)24-22-6-3-13-31(22)27(25(24)32(34)35)19-4-1-2-5-21(19)30-26(27)33/h1-2,4-5,7-12,14,22,24-25H,3,6,13,15H2,(H,30,33)/t22-,24-,25+,27-/m0/s1. The van der Waals surface area contributed by atoms with Crippen LogP contribution in [0, 0.1) is 10.1 Å². The number of rotatable bonds is 5. The lowest BCUT2D eigenvalue weighted by molar-refractivity contribution is -0.534. The third kappa shape index (κ3) is 3.46. The monoisotopic (exact) mass is 567 g/mol. The van der Waals surface area contributed by atoms with Gasteiger partial charge in [0, 0.05) is 33.2 Å². The Kier molecular flexibility index (Phi) is 5.78. The molecule has 6 rings (SSSR count). The van der Waals surface area contributed by atoms with Crippen molar-refractivity contribution in [2.45, 2.75) is 43.0 Å². The van der Waals surface area contributed by atoms with Crippen molar-refractivity contribution in [3.63, 3.8) is 0 Å². The van der Waals surface area contributed by atoms with Crippen LogP contribution < -0.4 is 10.1 Å². The lowest BCUT2D eigenvalue weighted by Gasteiger charge is -2.32. The van der Waals surface area contributed by atoms with Crippen molar-refractivity contribution in [3.8, 4) is 5.75 Å². The SMILES string of the molecule is O=C1Nc2ccccc2[C@]12[C@H]([N+](=O)[O-])[C@@H](c1ccc(OCc3ccc(Br)cc3)c(Cl)c1)[C@@H]1CCCN12. The van der Waals surface area contributed by atoms with Crippen LogP contribution in [0.15, 0.2) is 71.2 Å². The average Bonchev–Trinajstić information content (AvgIpc) is 3.52. The van der Waals surface area contributed by atoms with E-state index in [1.165, 1.54) is 0 Å². The molecule has 0 saturated carbocycles. The number of fused-ring (bicyclic) bond motifs is 4. The number of carbonyl (C=O) groups excluding carboxylic acids is 1. The van der Waals surface area contributed by atoms with E-state index in [4.69, 9.17) is 16.3 Å². The molecule has 3 aromatic rings. The summed E-state index contributed by atoms with van der Waals surface area (Å²) in [6.07, 6.45) is 1.66. The molecule has 3 aliphatic heterocycles. The minimum absolute atomic E-state index is 0.136. The van der Waals surface area contributed by atoms with Gasteiger partial charge < -0.3 is 10.1 Å². The van der Waals surface area contributed by atoms with Crippen molar-refractivity contribution in [2.24, 2.45) is 0 Å². The number of ether oxygens (including phenoxy) is 1. The van der Waals surface area contributed by atoms with E-state index >= 15 is 0 Å². The minimum atomic E-state index is -1.34. The molecule has 0 unspecified atom stereocenters. The summed E-state index contributed by atoms with van der Waals surface area (Å²) in [4.78, 5) is 28.1. The van der Waals surface area contributed by atoms with Gasteiger partial charge in [0.05, 0.1) is 10.9 Å². The molecule has 3 aromatic carbocycles. The summed E-state index contributed by atoms with van der Waals surface area (Å²) in [6.45, 7) is 0.985. The maximum atomic E-state index is 13.5. The van der Waals surface area contributed by atoms with Gasteiger partial charge in [0.2, 0.25) is 0 Å². The van der Waals surface area contributed by atoms with Crippen molar-refractivity contribution in [2.75, 3.05) is 11.9 Å². The van der Waals surface area contributed by atoms with Gasteiger partial charge in [0.25, 0.3) is 11.9 Å². The maximum absolute atomic E-state index is 13.5. The molecule has 3 heterocycles. The highest BCUT2D eigenvalue weighted by Crippen LogP contribution is 2.58. The van der Waals surface area contributed by atoms with Crippen LogP contribution in [0.25, 0.3) is 0 Å². The second-order valence-corrected chi connectivity index (χ2v) is 10.9. The zero-order valence-corrected chi connectivity index (χ0v) is 21.5. The molecular weight excluding hydrogens is 546 g/mol. The normalized spacial score (nSPS) is 26.6. The van der Waals surface area contributed by atoms with E-state index in [1.54, 1.807) is 12.1 Å². The van der Waals surface area contributed by atoms with Gasteiger partial charge in [-0.1, -0.05) is 63.9 Å². The number of nitrogens with one attached hydrogen (secondary N) is 1. The third-order valence-electron chi connectivity index (χ3n) is 7.74. The van der Waals surface area contributed by atoms with Crippen LogP contribution in [0.2, 0.25) is 5.02 Å². The zero-order chi connectivity index (χ0) is 25.0. The topological polar surface area (TPSA) is 84.7 Å². The Balaban J connectivity index is 1.37. The molecule has 0 bridgehead atoms. The smallest absolute Gasteiger partial charge is 0.256 e. The highest BCUT2D eigenvalue weighted by Gasteiger charge is 2.73. The number of halogens is 2. The summed E-state index contributed by atoms with van der Waals surface area (Å²) in [5, 5.41) is 16.0. The summed E-state index contributed by atoms with van der Waals surface area (Å²) in [6, 6.07) is 19.3. The van der Waals surface area contributed by atoms with Gasteiger partial charge in [0.1, 0.15) is 12.4 Å². The fourth-order valence-electron chi connectivity index (χ4n) is 6.36. The first-order valence-electron chi connectivity index (χ1n) is 11.9. The van der Waals surface area contributed by atoms with E-state index in [-0.39, 0.29) is 16.9 Å². The van der Waals surface area contributed by atoms with Gasteiger partial charge in [-0.2, -0.15) is 0 Å². The van der Waals surface area contributed by atoms with E-state index < -0.39 is 17.5 Å². The maximum Gasteiger partial charge on any atom is 0.256 e. The van der Waals surface area contributed by atoms with E-state index in [9.17, 15) is 14.9 Å². The number of para-hydroxylation sites is 1. The summed E-state index contributed by atoms with van der Waals surface area (Å²) >= 11 is 10.1. The fourth-order valence-corrected chi connectivity index (χ4v) is 6.87. The zero-order valence-electron chi connectivity index (χ0n) is 19.2. The van der Waals surface area contributed by atoms with Crippen LogP contribution >= 0.6 is 27.5 Å². The van der Waals surface area contributed by atoms with Crippen LogP contribution in [-0.2, 0) is 16.9 Å². The summed E-state index contributed by atoms with van der Waals surface area (Å²) < 4.78 is 6.93. The molecule has 7 nitrogen and oxygen atoms in total. The van der Waals surface area contributed by atoms with Crippen molar-refractivity contribution < 1.29 is 14.5 Å². The molecule has 1 N–H and O–H groups in total. The molecule has 2 fully saturated rings. The van der Waals surface area contributed by atoms with Crippen molar-refractivity contribution >= 4 is 39.1 Å². The Morgan fingerprint density at radius 1 is 1.17 bits per heavy atom. The number of hydrogen-bond donors (Lipinski definition) is 1. The van der Waals surface area contributed by atoms with Crippen molar-refractivity contribution in [1.29, 1.82) is 0 Å². The van der Waals surface area contributed by atoms with Gasteiger partial charge in [-0.25, -0.2) is 0 Å². The number of nitro groups is 1. The van der Waals surface area contributed by atoms with Gasteiger partial charge in [-0.15, -0.1) is 0 Å². The molecule has 2 saturated heterocycles. The largest absolute Gasteiger partial charge is 0.487 e. The second-order valence-electron chi connectivity index (χ2n) is 9.53. The molecule has 9 heteroatoms. The Bertz CT molecular complexity index is 1370. The number of amides is 1. The molecule has 0 radical (unpaired) electrons. The predicted molar refractivity (Wildman–Crippen MR) is 140 cm³/mol. The van der Waals surface area contributed by atoms with E-state index in [0.29, 0.717) is 35.2 Å². The number of benzene rings is 3. The molecule has 184 valence electrons.